The maximum absolute atomic E-state index is 13.5. The number of nitrogens with zero attached hydrogens (tertiary/aromatic N) is 2. The van der Waals surface area contributed by atoms with Crippen LogP contribution in [0.2, 0.25) is 0 Å². The van der Waals surface area contributed by atoms with Crippen LogP contribution in [0.25, 0.3) is 6.08 Å². The molecule has 4 rings (SSSR count). The lowest BCUT2D eigenvalue weighted by molar-refractivity contribution is -0.113. The number of aliphatic imine (C=N–C) groups is 1. The van der Waals surface area contributed by atoms with Gasteiger partial charge in [0, 0.05) is 0 Å². The summed E-state index contributed by atoms with van der Waals surface area (Å²) in [5.74, 6) is 1.15. The first kappa shape index (κ1) is 21.7. The van der Waals surface area contributed by atoms with Crippen LogP contribution in [0.3, 0.4) is 0 Å². The van der Waals surface area contributed by atoms with Crippen molar-refractivity contribution in [2.75, 3.05) is 19.1 Å². The molecule has 1 heterocycles. The second-order valence-corrected chi connectivity index (χ2v) is 8.34. The SMILES string of the molecule is COc1ccc(/C=C2/SC(=Nc3ccccc3C)N(c3ccccc3C)C2=O)cc1OC. The van der Waals surface area contributed by atoms with Crippen LogP contribution in [0.5, 0.6) is 11.5 Å². The largest absolute Gasteiger partial charge is 0.493 e. The Morgan fingerprint density at radius 3 is 2.25 bits per heavy atom. The molecule has 1 amide bonds. The zero-order valence-corrected chi connectivity index (χ0v) is 19.3. The number of para-hydroxylation sites is 2. The Kier molecular flexibility index (Phi) is 6.32. The predicted octanol–water partition coefficient (Wildman–Crippen LogP) is 6.13. The average Bonchev–Trinajstić information content (AvgIpc) is 3.10. The first-order valence-corrected chi connectivity index (χ1v) is 11.0. The summed E-state index contributed by atoms with van der Waals surface area (Å²) in [5.41, 5.74) is 4.57. The second-order valence-electron chi connectivity index (χ2n) is 7.33. The van der Waals surface area contributed by atoms with Crippen molar-refractivity contribution >= 4 is 40.3 Å². The molecule has 0 spiro atoms. The van der Waals surface area contributed by atoms with Gasteiger partial charge in [-0.3, -0.25) is 9.69 Å². The molecule has 0 atom stereocenters. The Labute approximate surface area is 192 Å². The van der Waals surface area contributed by atoms with Gasteiger partial charge in [-0.25, -0.2) is 4.99 Å². The van der Waals surface area contributed by atoms with Crippen molar-refractivity contribution in [3.8, 4) is 11.5 Å². The van der Waals surface area contributed by atoms with Crippen LogP contribution in [0.1, 0.15) is 16.7 Å². The number of methoxy groups -OCH3 is 2. The van der Waals surface area contributed by atoms with E-state index in [0.717, 1.165) is 28.1 Å². The van der Waals surface area contributed by atoms with Gasteiger partial charge in [0.25, 0.3) is 5.91 Å². The number of rotatable bonds is 5. The van der Waals surface area contributed by atoms with Gasteiger partial charge in [-0.1, -0.05) is 42.5 Å². The zero-order chi connectivity index (χ0) is 22.7. The summed E-state index contributed by atoms with van der Waals surface area (Å²) < 4.78 is 10.7. The first-order chi connectivity index (χ1) is 15.5. The van der Waals surface area contributed by atoms with E-state index >= 15 is 0 Å². The Morgan fingerprint density at radius 2 is 1.56 bits per heavy atom. The van der Waals surface area contributed by atoms with E-state index in [-0.39, 0.29) is 5.91 Å². The minimum absolute atomic E-state index is 0.105. The number of carbonyl (C=O) groups excluding carboxylic acids is 1. The molecule has 1 aliphatic rings. The minimum Gasteiger partial charge on any atom is -0.493 e. The van der Waals surface area contributed by atoms with Crippen LogP contribution in [0, 0.1) is 13.8 Å². The van der Waals surface area contributed by atoms with Crippen LogP contribution in [-0.2, 0) is 4.79 Å². The van der Waals surface area contributed by atoms with Crippen LogP contribution in [0.15, 0.2) is 76.6 Å². The number of carbonyl (C=O) groups is 1. The van der Waals surface area contributed by atoms with Crippen molar-refractivity contribution in [3.05, 3.63) is 88.3 Å². The molecule has 32 heavy (non-hydrogen) atoms. The highest BCUT2D eigenvalue weighted by molar-refractivity contribution is 8.19. The van der Waals surface area contributed by atoms with Crippen molar-refractivity contribution in [1.82, 2.24) is 0 Å². The standard InChI is InChI=1S/C26H24N2O3S/c1-17-9-5-7-11-20(17)27-26-28(21-12-8-6-10-18(21)2)25(29)24(32-26)16-19-13-14-22(30-3)23(15-19)31-4/h5-16H,1-4H3/b24-16+,27-26?. The summed E-state index contributed by atoms with van der Waals surface area (Å²) in [6, 6.07) is 21.3. The molecule has 5 nitrogen and oxygen atoms in total. The predicted molar refractivity (Wildman–Crippen MR) is 132 cm³/mol. The van der Waals surface area contributed by atoms with Crippen molar-refractivity contribution < 1.29 is 14.3 Å². The highest BCUT2D eigenvalue weighted by atomic mass is 32.2. The topological polar surface area (TPSA) is 51.1 Å². The lowest BCUT2D eigenvalue weighted by Crippen LogP contribution is -2.29. The number of benzene rings is 3. The van der Waals surface area contributed by atoms with Gasteiger partial charge in [0.1, 0.15) is 0 Å². The highest BCUT2D eigenvalue weighted by Crippen LogP contribution is 2.39. The van der Waals surface area contributed by atoms with Gasteiger partial charge in [-0.15, -0.1) is 0 Å². The normalized spacial score (nSPS) is 16.1. The second kappa shape index (κ2) is 9.32. The number of ether oxygens (including phenoxy) is 2. The monoisotopic (exact) mass is 444 g/mol. The fraction of sp³-hybridized carbons (Fsp3) is 0.154. The van der Waals surface area contributed by atoms with Gasteiger partial charge in [0.05, 0.1) is 30.5 Å². The molecule has 3 aromatic carbocycles. The van der Waals surface area contributed by atoms with Crippen LogP contribution < -0.4 is 14.4 Å². The van der Waals surface area contributed by atoms with E-state index in [0.29, 0.717) is 21.6 Å². The molecule has 0 saturated carbocycles. The molecule has 0 radical (unpaired) electrons. The molecular formula is C26H24N2O3S. The van der Waals surface area contributed by atoms with Crippen LogP contribution in [0.4, 0.5) is 11.4 Å². The maximum atomic E-state index is 13.5. The zero-order valence-electron chi connectivity index (χ0n) is 18.5. The van der Waals surface area contributed by atoms with E-state index in [4.69, 9.17) is 14.5 Å². The third-order valence-electron chi connectivity index (χ3n) is 5.20. The summed E-state index contributed by atoms with van der Waals surface area (Å²) in [5, 5.41) is 0.630. The number of aryl methyl sites for hydroxylation is 2. The molecule has 0 unspecified atom stereocenters. The number of amides is 1. The third-order valence-corrected chi connectivity index (χ3v) is 6.17. The quantitative estimate of drug-likeness (QED) is 0.444. The van der Waals surface area contributed by atoms with E-state index in [2.05, 4.69) is 0 Å². The van der Waals surface area contributed by atoms with Crippen LogP contribution >= 0.6 is 11.8 Å². The fourth-order valence-electron chi connectivity index (χ4n) is 3.46. The van der Waals surface area contributed by atoms with Gasteiger partial charge in [-0.2, -0.15) is 0 Å². The van der Waals surface area contributed by atoms with Gasteiger partial charge >= 0.3 is 0 Å². The van der Waals surface area contributed by atoms with Crippen molar-refractivity contribution in [1.29, 1.82) is 0 Å². The summed E-state index contributed by atoms with van der Waals surface area (Å²) in [6.45, 7) is 4.01. The Hall–Kier alpha value is -3.51. The Balaban J connectivity index is 1.80. The average molecular weight is 445 g/mol. The van der Waals surface area contributed by atoms with Gasteiger partial charge in [0.15, 0.2) is 16.7 Å². The molecule has 0 aliphatic carbocycles. The van der Waals surface area contributed by atoms with E-state index < -0.39 is 0 Å². The van der Waals surface area contributed by atoms with Crippen molar-refractivity contribution in [3.63, 3.8) is 0 Å². The number of thioether (sulfide) groups is 1. The lowest BCUT2D eigenvalue weighted by atomic mass is 10.1. The molecule has 1 aliphatic heterocycles. The van der Waals surface area contributed by atoms with Gasteiger partial charge < -0.3 is 9.47 Å². The molecule has 0 aromatic heterocycles. The molecule has 162 valence electrons. The number of hydrogen-bond acceptors (Lipinski definition) is 5. The molecule has 1 saturated heterocycles. The minimum atomic E-state index is -0.105. The first-order valence-electron chi connectivity index (χ1n) is 10.2. The molecule has 3 aromatic rings. The summed E-state index contributed by atoms with van der Waals surface area (Å²) >= 11 is 1.37. The number of hydrogen-bond donors (Lipinski definition) is 0. The van der Waals surface area contributed by atoms with E-state index in [1.54, 1.807) is 19.1 Å². The molecule has 6 heteroatoms. The maximum Gasteiger partial charge on any atom is 0.271 e. The fourth-order valence-corrected chi connectivity index (χ4v) is 4.45. The summed E-state index contributed by atoms with van der Waals surface area (Å²) in [7, 11) is 3.19. The van der Waals surface area contributed by atoms with E-state index in [1.807, 2.05) is 86.7 Å². The van der Waals surface area contributed by atoms with Crippen LogP contribution in [-0.4, -0.2) is 25.3 Å². The van der Waals surface area contributed by atoms with Gasteiger partial charge in [0.2, 0.25) is 0 Å². The molecule has 0 bridgehead atoms. The summed E-state index contributed by atoms with van der Waals surface area (Å²) in [4.78, 5) is 20.7. The smallest absolute Gasteiger partial charge is 0.271 e. The third kappa shape index (κ3) is 4.27. The highest BCUT2D eigenvalue weighted by Gasteiger charge is 2.35. The molecule has 0 N–H and O–H groups in total. The van der Waals surface area contributed by atoms with Gasteiger partial charge in [-0.05, 0) is 72.6 Å². The van der Waals surface area contributed by atoms with Crippen molar-refractivity contribution in [2.24, 2.45) is 4.99 Å². The lowest BCUT2D eigenvalue weighted by Gasteiger charge is -2.18. The number of amidine groups is 1. The van der Waals surface area contributed by atoms with E-state index in [9.17, 15) is 4.79 Å². The molecule has 1 fully saturated rings. The summed E-state index contributed by atoms with van der Waals surface area (Å²) in [6.07, 6.45) is 1.86. The number of anilines is 1. The van der Waals surface area contributed by atoms with E-state index in [1.165, 1.54) is 11.8 Å². The van der Waals surface area contributed by atoms with Crippen molar-refractivity contribution in [2.45, 2.75) is 13.8 Å². The Morgan fingerprint density at radius 1 is 0.875 bits per heavy atom. The molecular weight excluding hydrogens is 420 g/mol. The Bertz CT molecular complexity index is 1230.